The van der Waals surface area contributed by atoms with E-state index in [1.807, 2.05) is 72.7 Å². The minimum atomic E-state index is -0.963. The third-order valence-electron chi connectivity index (χ3n) is 6.67. The van der Waals surface area contributed by atoms with E-state index in [-0.39, 0.29) is 44.3 Å². The van der Waals surface area contributed by atoms with Crippen LogP contribution in [0.4, 0.5) is 11.4 Å². The second-order valence-electron chi connectivity index (χ2n) is 10.5. The molecule has 46 heavy (non-hydrogen) atoms. The van der Waals surface area contributed by atoms with E-state index in [1.165, 1.54) is 6.07 Å². The first-order valence-electron chi connectivity index (χ1n) is 15.9. The summed E-state index contributed by atoms with van der Waals surface area (Å²) in [6.07, 6.45) is 1.92. The Morgan fingerprint density at radius 1 is 0.935 bits per heavy atom. The molecule has 0 radical (unpaired) electrons. The minimum Gasteiger partial charge on any atom is -0.506 e. The van der Waals surface area contributed by atoms with Gasteiger partial charge >= 0.3 is 0 Å². The summed E-state index contributed by atoms with van der Waals surface area (Å²) in [6, 6.07) is 19.6. The third kappa shape index (κ3) is 13.4. The molecule has 2 N–H and O–H groups in total. The van der Waals surface area contributed by atoms with E-state index in [2.05, 4.69) is 11.4 Å². The number of amides is 2. The number of carbonyl (C=O) groups excluding carboxylic acids is 3. The van der Waals surface area contributed by atoms with Crippen molar-refractivity contribution in [3.63, 3.8) is 0 Å². The van der Waals surface area contributed by atoms with Crippen molar-refractivity contribution in [3.8, 4) is 11.8 Å². The zero-order chi connectivity index (χ0) is 34.6. The molecule has 8 nitrogen and oxygen atoms in total. The van der Waals surface area contributed by atoms with Gasteiger partial charge in [0.1, 0.15) is 12.0 Å². The van der Waals surface area contributed by atoms with Crippen LogP contribution >= 0.6 is 0 Å². The summed E-state index contributed by atoms with van der Waals surface area (Å²) in [5.74, 6) is -0.481. The van der Waals surface area contributed by atoms with Crippen molar-refractivity contribution in [2.75, 3.05) is 17.3 Å². The van der Waals surface area contributed by atoms with Crippen LogP contribution in [0, 0.1) is 11.3 Å². The number of phenols is 1. The van der Waals surface area contributed by atoms with E-state index in [9.17, 15) is 24.8 Å². The van der Waals surface area contributed by atoms with E-state index < -0.39 is 11.2 Å². The number of benzene rings is 3. The number of hydrogen-bond donors (Lipinski definition) is 2. The number of fused-ring (bicyclic) bond motifs is 1. The lowest BCUT2D eigenvalue weighted by atomic mass is 9.91. The van der Waals surface area contributed by atoms with Gasteiger partial charge in [-0.25, -0.2) is 0 Å². The SMILES string of the molecule is C.CC.CC.CC.CN(C(=O)CC(C)(CCCC(=O)Nc1ccccc1O)OC(C)(C)CC=O)c1ccc(C#N)c2ccccc12. The summed E-state index contributed by atoms with van der Waals surface area (Å²) in [6.45, 7) is 17.4. The van der Waals surface area contributed by atoms with Crippen molar-refractivity contribution >= 4 is 40.2 Å². The first-order chi connectivity index (χ1) is 21.5. The Kier molecular flexibility index (Phi) is 21.3. The van der Waals surface area contributed by atoms with E-state index in [0.29, 0.717) is 29.8 Å². The molecular formula is C38H57N3O5. The fourth-order valence-electron chi connectivity index (χ4n) is 4.75. The normalized spacial score (nSPS) is 11.2. The van der Waals surface area contributed by atoms with Gasteiger partial charge in [0.25, 0.3) is 0 Å². The average Bonchev–Trinajstić information content (AvgIpc) is 3.03. The Morgan fingerprint density at radius 2 is 1.50 bits per heavy atom. The number of aromatic hydroxyl groups is 1. The molecule has 0 saturated heterocycles. The summed E-state index contributed by atoms with van der Waals surface area (Å²) in [5.41, 5.74) is -0.239. The number of nitriles is 1. The maximum absolute atomic E-state index is 13.6. The molecule has 0 bridgehead atoms. The number of nitrogens with one attached hydrogen (secondary N) is 1. The van der Waals surface area contributed by atoms with Gasteiger partial charge in [-0.05, 0) is 57.9 Å². The minimum absolute atomic E-state index is 0. The third-order valence-corrected chi connectivity index (χ3v) is 6.67. The molecule has 0 aliphatic carbocycles. The van der Waals surface area contributed by atoms with Crippen LogP contribution in [0.1, 0.15) is 107 Å². The average molecular weight is 636 g/mol. The van der Waals surface area contributed by atoms with Crippen LogP contribution < -0.4 is 10.2 Å². The van der Waals surface area contributed by atoms with E-state index >= 15 is 0 Å². The molecule has 3 aromatic rings. The summed E-state index contributed by atoms with van der Waals surface area (Å²) in [5, 5.41) is 23.6. The van der Waals surface area contributed by atoms with Crippen LogP contribution in [0.2, 0.25) is 0 Å². The van der Waals surface area contributed by atoms with Crippen molar-refractivity contribution < 1.29 is 24.2 Å². The van der Waals surface area contributed by atoms with Gasteiger partial charge in [0, 0.05) is 30.7 Å². The van der Waals surface area contributed by atoms with E-state index in [0.717, 1.165) is 17.1 Å². The maximum atomic E-state index is 13.6. The lowest BCUT2D eigenvalue weighted by Crippen LogP contribution is -2.44. The molecule has 0 saturated carbocycles. The molecule has 0 spiro atoms. The maximum Gasteiger partial charge on any atom is 0.229 e. The summed E-state index contributed by atoms with van der Waals surface area (Å²) < 4.78 is 6.37. The van der Waals surface area contributed by atoms with Gasteiger partial charge in [-0.2, -0.15) is 5.26 Å². The second-order valence-corrected chi connectivity index (χ2v) is 10.5. The zero-order valence-electron chi connectivity index (χ0n) is 28.9. The van der Waals surface area contributed by atoms with Gasteiger partial charge < -0.3 is 24.9 Å². The quantitative estimate of drug-likeness (QED) is 0.151. The zero-order valence-corrected chi connectivity index (χ0v) is 28.9. The highest BCUT2D eigenvalue weighted by atomic mass is 16.5. The topological polar surface area (TPSA) is 120 Å². The number of nitrogens with zero attached hydrogens (tertiary/aromatic N) is 2. The second kappa shape index (κ2) is 22.3. The van der Waals surface area contributed by atoms with Gasteiger partial charge in [0.2, 0.25) is 11.8 Å². The Balaban J connectivity index is 0. The first kappa shape index (κ1) is 43.9. The first-order valence-corrected chi connectivity index (χ1v) is 15.9. The van der Waals surface area contributed by atoms with Crippen molar-refractivity contribution in [3.05, 3.63) is 66.2 Å². The fraction of sp³-hybridized carbons (Fsp3) is 0.474. The van der Waals surface area contributed by atoms with Crippen LogP contribution in [0.5, 0.6) is 5.75 Å². The molecule has 3 rings (SSSR count). The van der Waals surface area contributed by atoms with Gasteiger partial charge in [0.05, 0.1) is 40.6 Å². The van der Waals surface area contributed by atoms with E-state index in [1.54, 1.807) is 56.1 Å². The number of anilines is 2. The van der Waals surface area contributed by atoms with Crippen molar-refractivity contribution in [2.45, 2.75) is 113 Å². The Morgan fingerprint density at radius 3 is 2.07 bits per heavy atom. The van der Waals surface area contributed by atoms with Crippen LogP contribution in [0.25, 0.3) is 10.8 Å². The van der Waals surface area contributed by atoms with Crippen LogP contribution in [-0.4, -0.2) is 41.5 Å². The Labute approximate surface area is 277 Å². The summed E-state index contributed by atoms with van der Waals surface area (Å²) in [4.78, 5) is 38.9. The molecular weight excluding hydrogens is 578 g/mol. The van der Waals surface area contributed by atoms with Crippen molar-refractivity contribution in [2.24, 2.45) is 0 Å². The lowest BCUT2D eigenvalue weighted by molar-refractivity contribution is -0.154. The number of para-hydroxylation sites is 2. The number of phenolic OH excluding ortho intramolecular Hbond substituents is 1. The van der Waals surface area contributed by atoms with E-state index in [4.69, 9.17) is 4.74 Å². The number of rotatable bonds is 12. The van der Waals surface area contributed by atoms with Crippen molar-refractivity contribution in [1.82, 2.24) is 0 Å². The molecule has 1 unspecified atom stereocenters. The molecule has 1 atom stereocenters. The smallest absolute Gasteiger partial charge is 0.229 e. The van der Waals surface area contributed by atoms with Crippen molar-refractivity contribution in [1.29, 1.82) is 5.26 Å². The standard InChI is InChI=1S/C31H35N3O5.3C2H6.CH4/c1-30(2,18-19-35)39-31(3,17-9-14-28(37)33-25-12-7-8-13-27(25)36)20-29(38)34(4)26-16-15-22(21-32)23-10-5-6-11-24(23)26;3*1-2;/h5-8,10-13,15-16,19,36H,9,14,17-18,20H2,1-4H3,(H,33,37);3*1-2H3;1H4. The highest BCUT2D eigenvalue weighted by molar-refractivity contribution is 6.05. The summed E-state index contributed by atoms with van der Waals surface area (Å²) in [7, 11) is 1.69. The molecule has 0 fully saturated rings. The molecule has 0 aliphatic heterocycles. The van der Waals surface area contributed by atoms with Crippen LogP contribution in [0.3, 0.4) is 0 Å². The van der Waals surface area contributed by atoms with Crippen LogP contribution in [0.15, 0.2) is 60.7 Å². The predicted octanol–water partition coefficient (Wildman–Crippen LogP) is 9.44. The van der Waals surface area contributed by atoms with Gasteiger partial charge in [-0.1, -0.05) is 85.4 Å². The molecule has 0 heterocycles. The molecule has 2 amide bonds. The van der Waals surface area contributed by atoms with Gasteiger partial charge in [-0.3, -0.25) is 9.59 Å². The molecule has 8 heteroatoms. The fourth-order valence-corrected chi connectivity index (χ4v) is 4.75. The monoisotopic (exact) mass is 635 g/mol. The number of aldehydes is 1. The highest BCUT2D eigenvalue weighted by Gasteiger charge is 2.36. The summed E-state index contributed by atoms with van der Waals surface area (Å²) >= 11 is 0. The highest BCUT2D eigenvalue weighted by Crippen LogP contribution is 2.34. The molecule has 0 aliphatic rings. The number of carbonyl (C=O) groups is 3. The molecule has 3 aromatic carbocycles. The Hall–Kier alpha value is -4.22. The largest absolute Gasteiger partial charge is 0.506 e. The predicted molar refractivity (Wildman–Crippen MR) is 192 cm³/mol. The number of hydrogen-bond acceptors (Lipinski definition) is 6. The molecule has 0 aromatic heterocycles. The van der Waals surface area contributed by atoms with Crippen LogP contribution in [-0.2, 0) is 19.1 Å². The van der Waals surface area contributed by atoms with Gasteiger partial charge in [-0.15, -0.1) is 0 Å². The number of ether oxygens (including phenoxy) is 1. The van der Waals surface area contributed by atoms with Gasteiger partial charge in [0.15, 0.2) is 0 Å². The molecule has 254 valence electrons. The Bertz CT molecular complexity index is 1400. The lowest BCUT2D eigenvalue weighted by Gasteiger charge is -2.38.